The molecule has 0 saturated carbocycles. The van der Waals surface area contributed by atoms with E-state index in [0.29, 0.717) is 19.4 Å². The monoisotopic (exact) mass is 507 g/mol. The van der Waals surface area contributed by atoms with Crippen molar-refractivity contribution in [3.05, 3.63) is 89.7 Å². The number of pyridine rings is 1. The molecule has 190 valence electrons. The lowest BCUT2D eigenvalue weighted by Gasteiger charge is -2.15. The maximum atomic E-state index is 10.8. The highest BCUT2D eigenvalue weighted by Gasteiger charge is 2.09. The lowest BCUT2D eigenvalue weighted by Crippen LogP contribution is -2.33. The maximum absolute atomic E-state index is 10.8. The Morgan fingerprint density at radius 2 is 1.44 bits per heavy atom. The van der Waals surface area contributed by atoms with Crippen LogP contribution >= 0.6 is 0 Å². The zero-order chi connectivity index (χ0) is 26.1. The van der Waals surface area contributed by atoms with E-state index in [1.807, 2.05) is 81.5 Å². The third kappa shape index (κ3) is 8.28. The number of benzene rings is 2. The molecular formula is C27H33N5O3S. The highest BCUT2D eigenvalue weighted by molar-refractivity contribution is 7.85. The summed E-state index contributed by atoms with van der Waals surface area (Å²) in [5.41, 5.74) is 5.77. The molecule has 0 fully saturated rings. The minimum Gasteiger partial charge on any atom is -0.748 e. The summed E-state index contributed by atoms with van der Waals surface area (Å²) in [4.78, 5) is 4.10. The number of rotatable bonds is 11. The molecular weight excluding hydrogens is 474 g/mol. The second kappa shape index (κ2) is 12.4. The summed E-state index contributed by atoms with van der Waals surface area (Å²) in [5.74, 6) is -0.336. The van der Waals surface area contributed by atoms with Crippen molar-refractivity contribution in [2.24, 2.45) is 10.2 Å². The first kappa shape index (κ1) is 27.0. The van der Waals surface area contributed by atoms with Crippen LogP contribution in [0.25, 0.3) is 0 Å². The summed E-state index contributed by atoms with van der Waals surface area (Å²) in [6, 6.07) is 20.2. The largest absolute Gasteiger partial charge is 0.748 e. The topological polar surface area (TPSA) is 92.3 Å². The predicted molar refractivity (Wildman–Crippen MR) is 145 cm³/mol. The first-order valence-corrected chi connectivity index (χ1v) is 13.3. The van der Waals surface area contributed by atoms with Gasteiger partial charge in [-0.25, -0.2) is 13.0 Å². The molecule has 0 amide bonds. The van der Waals surface area contributed by atoms with Crippen LogP contribution in [0.3, 0.4) is 0 Å². The van der Waals surface area contributed by atoms with Crippen LogP contribution in [0.4, 0.5) is 11.4 Å². The Balaban J connectivity index is 1.82. The zero-order valence-electron chi connectivity index (χ0n) is 21.2. The molecule has 2 aromatic carbocycles. The van der Waals surface area contributed by atoms with E-state index in [0.717, 1.165) is 33.8 Å². The standard InChI is InChI=1S/C27H33N5O3S/c1-30(2)25-13-9-23(10-14-25)27(24-11-15-26(16-12-24)31(3)4)29-28-20-22-8-7-18-32(21-22)17-5-6-19-36(33,34)35/h7-16,18,20-21H,5-6,17,19H2,1-4H3. The second-order valence-electron chi connectivity index (χ2n) is 8.92. The summed E-state index contributed by atoms with van der Waals surface area (Å²) < 4.78 is 34.3. The Morgan fingerprint density at radius 1 is 0.889 bits per heavy atom. The molecule has 3 rings (SSSR count). The van der Waals surface area contributed by atoms with Gasteiger partial charge in [0.15, 0.2) is 12.4 Å². The minimum atomic E-state index is -4.17. The van der Waals surface area contributed by atoms with Crippen LogP contribution < -0.4 is 14.4 Å². The van der Waals surface area contributed by atoms with Crippen LogP contribution in [0, 0.1) is 0 Å². The SMILES string of the molecule is CN(C)c1ccc(C(=NN=Cc2ccc[n+](CCCCS(=O)(=O)[O-])c2)c2ccc(N(C)C)cc2)cc1. The van der Waals surface area contributed by atoms with Gasteiger partial charge in [-0.1, -0.05) is 24.3 Å². The second-order valence-corrected chi connectivity index (χ2v) is 10.4. The van der Waals surface area contributed by atoms with E-state index in [1.54, 1.807) is 6.21 Å². The van der Waals surface area contributed by atoms with E-state index in [1.165, 1.54) is 0 Å². The van der Waals surface area contributed by atoms with Crippen molar-refractivity contribution in [1.82, 2.24) is 0 Å². The molecule has 0 saturated heterocycles. The van der Waals surface area contributed by atoms with Crippen molar-refractivity contribution < 1.29 is 17.5 Å². The van der Waals surface area contributed by atoms with Crippen LogP contribution in [-0.4, -0.2) is 58.8 Å². The van der Waals surface area contributed by atoms with Gasteiger partial charge in [0, 0.05) is 68.9 Å². The number of hydrogen-bond acceptors (Lipinski definition) is 7. The molecule has 0 spiro atoms. The normalized spacial score (nSPS) is 11.5. The third-order valence-corrected chi connectivity index (χ3v) is 6.41. The number of anilines is 2. The highest BCUT2D eigenvalue weighted by Crippen LogP contribution is 2.19. The van der Waals surface area contributed by atoms with Gasteiger partial charge in [0.1, 0.15) is 12.3 Å². The van der Waals surface area contributed by atoms with Gasteiger partial charge in [0.25, 0.3) is 0 Å². The fraction of sp³-hybridized carbons (Fsp3) is 0.296. The molecule has 3 aromatic rings. The van der Waals surface area contributed by atoms with E-state index in [2.05, 4.69) is 44.3 Å². The molecule has 0 radical (unpaired) electrons. The Kier molecular flexibility index (Phi) is 9.32. The average Bonchev–Trinajstić information content (AvgIpc) is 2.84. The Morgan fingerprint density at radius 3 is 1.94 bits per heavy atom. The molecule has 9 heteroatoms. The van der Waals surface area contributed by atoms with Gasteiger partial charge in [-0.3, -0.25) is 0 Å². The molecule has 0 N–H and O–H groups in total. The summed E-state index contributed by atoms with van der Waals surface area (Å²) in [7, 11) is 3.86. The molecule has 1 heterocycles. The van der Waals surface area contributed by atoms with Crippen LogP contribution in [0.15, 0.2) is 83.3 Å². The molecule has 0 unspecified atom stereocenters. The number of aryl methyl sites for hydroxylation is 1. The van der Waals surface area contributed by atoms with Crippen molar-refractivity contribution >= 4 is 33.4 Å². The maximum Gasteiger partial charge on any atom is 0.177 e. The zero-order valence-corrected chi connectivity index (χ0v) is 22.0. The fourth-order valence-corrected chi connectivity index (χ4v) is 4.16. The number of nitrogens with zero attached hydrogens (tertiary/aromatic N) is 5. The fourth-order valence-electron chi connectivity index (χ4n) is 3.60. The third-order valence-electron chi connectivity index (χ3n) is 5.62. The minimum absolute atomic E-state index is 0.336. The van der Waals surface area contributed by atoms with Crippen molar-refractivity contribution in [2.75, 3.05) is 43.7 Å². The highest BCUT2D eigenvalue weighted by atomic mass is 32.2. The van der Waals surface area contributed by atoms with E-state index >= 15 is 0 Å². The van der Waals surface area contributed by atoms with E-state index in [-0.39, 0.29) is 5.75 Å². The van der Waals surface area contributed by atoms with Gasteiger partial charge in [0.05, 0.1) is 21.9 Å². The first-order valence-electron chi connectivity index (χ1n) is 11.7. The van der Waals surface area contributed by atoms with E-state index in [9.17, 15) is 13.0 Å². The molecule has 0 atom stereocenters. The van der Waals surface area contributed by atoms with Crippen molar-refractivity contribution in [3.63, 3.8) is 0 Å². The quantitative estimate of drug-likeness (QED) is 0.131. The van der Waals surface area contributed by atoms with Gasteiger partial charge >= 0.3 is 0 Å². The van der Waals surface area contributed by atoms with Crippen LogP contribution in [0.2, 0.25) is 0 Å². The van der Waals surface area contributed by atoms with Gasteiger partial charge in [0.2, 0.25) is 0 Å². The number of hydrogen-bond donors (Lipinski definition) is 0. The number of aromatic nitrogens is 1. The van der Waals surface area contributed by atoms with Crippen LogP contribution in [0.1, 0.15) is 29.5 Å². The van der Waals surface area contributed by atoms with Crippen molar-refractivity contribution in [3.8, 4) is 0 Å². The number of unbranched alkanes of at least 4 members (excludes halogenated alkanes) is 1. The summed E-state index contributed by atoms with van der Waals surface area (Å²) in [6.07, 6.45) is 6.45. The lowest BCUT2D eigenvalue weighted by atomic mass is 10.0. The molecule has 0 aliphatic rings. The van der Waals surface area contributed by atoms with Gasteiger partial charge in [-0.05, 0) is 36.8 Å². The smallest absolute Gasteiger partial charge is 0.177 e. The van der Waals surface area contributed by atoms with Crippen molar-refractivity contribution in [1.29, 1.82) is 0 Å². The van der Waals surface area contributed by atoms with E-state index in [4.69, 9.17) is 0 Å². The van der Waals surface area contributed by atoms with Gasteiger partial charge in [-0.15, -0.1) is 5.10 Å². The Bertz CT molecular complexity index is 1250. The molecule has 0 aliphatic carbocycles. The summed E-state index contributed by atoms with van der Waals surface area (Å²) in [5, 5.41) is 8.98. The first-order chi connectivity index (χ1) is 17.1. The Labute approximate surface area is 214 Å². The lowest BCUT2D eigenvalue weighted by molar-refractivity contribution is -0.697. The van der Waals surface area contributed by atoms with Crippen LogP contribution in [-0.2, 0) is 16.7 Å². The molecule has 36 heavy (non-hydrogen) atoms. The van der Waals surface area contributed by atoms with E-state index < -0.39 is 10.1 Å². The van der Waals surface area contributed by atoms with Gasteiger partial charge < -0.3 is 14.4 Å². The van der Waals surface area contributed by atoms with Gasteiger partial charge in [-0.2, -0.15) is 5.10 Å². The average molecular weight is 508 g/mol. The van der Waals surface area contributed by atoms with Crippen molar-refractivity contribution in [2.45, 2.75) is 19.4 Å². The Hall–Kier alpha value is -3.56. The summed E-state index contributed by atoms with van der Waals surface area (Å²) >= 11 is 0. The molecule has 1 aromatic heterocycles. The molecule has 8 nitrogen and oxygen atoms in total. The molecule has 0 aliphatic heterocycles. The van der Waals surface area contributed by atoms with Crippen LogP contribution in [0.5, 0.6) is 0 Å². The summed E-state index contributed by atoms with van der Waals surface area (Å²) in [6.45, 7) is 0.613. The molecule has 0 bridgehead atoms. The predicted octanol–water partition coefficient (Wildman–Crippen LogP) is 3.30.